The van der Waals surface area contributed by atoms with Gasteiger partial charge >= 0.3 is 0 Å². The maximum Gasteiger partial charge on any atom is 0.171 e. The molecular weight excluding hydrogens is 274 g/mol. The van der Waals surface area contributed by atoms with Crippen LogP contribution in [0.4, 0.5) is 0 Å². The minimum Gasteiger partial charge on any atom is -0.409 e. The molecule has 1 aromatic heterocycles. The van der Waals surface area contributed by atoms with Crippen molar-refractivity contribution >= 4 is 29.2 Å². The summed E-state index contributed by atoms with van der Waals surface area (Å²) in [5.41, 5.74) is 6.03. The number of thioether (sulfide) groups is 1. The Labute approximate surface area is 114 Å². The van der Waals surface area contributed by atoms with Gasteiger partial charge in [0.25, 0.3) is 0 Å². The smallest absolute Gasteiger partial charge is 0.171 e. The standard InChI is InChI=1S/C11H14ClN3O2S/c12-9-8(10(13)15-16)3-4-14-11(9)18-6-7-2-1-5-17-7/h3-4,7,16H,1-2,5-6H2,(H2,13,15). The molecule has 18 heavy (non-hydrogen) atoms. The lowest BCUT2D eigenvalue weighted by Gasteiger charge is -2.10. The van der Waals surface area contributed by atoms with Gasteiger partial charge in [0.05, 0.1) is 11.1 Å². The molecule has 1 saturated heterocycles. The predicted molar refractivity (Wildman–Crippen MR) is 71.5 cm³/mol. The molecule has 2 heterocycles. The largest absolute Gasteiger partial charge is 0.409 e. The lowest BCUT2D eigenvalue weighted by atomic mass is 10.2. The van der Waals surface area contributed by atoms with E-state index in [2.05, 4.69) is 10.1 Å². The van der Waals surface area contributed by atoms with E-state index in [0.717, 1.165) is 25.2 Å². The average Bonchev–Trinajstić information content (AvgIpc) is 2.90. The van der Waals surface area contributed by atoms with Gasteiger partial charge in [-0.1, -0.05) is 16.8 Å². The number of hydrogen-bond donors (Lipinski definition) is 2. The van der Waals surface area contributed by atoms with Crippen molar-refractivity contribution in [2.75, 3.05) is 12.4 Å². The van der Waals surface area contributed by atoms with Crippen LogP contribution < -0.4 is 5.73 Å². The number of oxime groups is 1. The highest BCUT2D eigenvalue weighted by Gasteiger charge is 2.18. The molecule has 98 valence electrons. The van der Waals surface area contributed by atoms with Crippen LogP contribution in [-0.2, 0) is 4.74 Å². The van der Waals surface area contributed by atoms with Gasteiger partial charge in [-0.25, -0.2) is 4.98 Å². The average molecular weight is 288 g/mol. The van der Waals surface area contributed by atoms with Crippen molar-refractivity contribution in [2.24, 2.45) is 10.9 Å². The van der Waals surface area contributed by atoms with Crippen LogP contribution >= 0.6 is 23.4 Å². The fourth-order valence-electron chi connectivity index (χ4n) is 1.72. The Balaban J connectivity index is 2.08. The Bertz CT molecular complexity index is 450. The summed E-state index contributed by atoms with van der Waals surface area (Å²) in [7, 11) is 0. The van der Waals surface area contributed by atoms with Crippen molar-refractivity contribution in [3.8, 4) is 0 Å². The fraction of sp³-hybridized carbons (Fsp3) is 0.455. The van der Waals surface area contributed by atoms with Gasteiger partial charge in [-0.2, -0.15) is 0 Å². The van der Waals surface area contributed by atoms with Gasteiger partial charge in [-0.05, 0) is 18.9 Å². The van der Waals surface area contributed by atoms with E-state index >= 15 is 0 Å². The SMILES string of the molecule is N/C(=N/O)c1ccnc(SCC2CCCO2)c1Cl. The van der Waals surface area contributed by atoms with E-state index in [1.807, 2.05) is 0 Å². The minimum absolute atomic E-state index is 0.0126. The molecule has 2 rings (SSSR count). The van der Waals surface area contributed by atoms with Crippen LogP contribution in [0.15, 0.2) is 22.4 Å². The van der Waals surface area contributed by atoms with Gasteiger partial charge in [0.2, 0.25) is 0 Å². The third kappa shape index (κ3) is 3.07. The molecule has 1 fully saturated rings. The Morgan fingerprint density at radius 3 is 3.22 bits per heavy atom. The number of amidine groups is 1. The quantitative estimate of drug-likeness (QED) is 0.291. The van der Waals surface area contributed by atoms with E-state index in [1.165, 1.54) is 11.8 Å². The molecule has 1 aliphatic rings. The van der Waals surface area contributed by atoms with E-state index in [-0.39, 0.29) is 11.9 Å². The van der Waals surface area contributed by atoms with E-state index in [4.69, 9.17) is 27.3 Å². The van der Waals surface area contributed by atoms with Crippen LogP contribution in [0, 0.1) is 0 Å². The van der Waals surface area contributed by atoms with E-state index in [1.54, 1.807) is 12.3 Å². The molecule has 7 heteroatoms. The number of aromatic nitrogens is 1. The summed E-state index contributed by atoms with van der Waals surface area (Å²) in [6.07, 6.45) is 4.04. The summed E-state index contributed by atoms with van der Waals surface area (Å²) in [6, 6.07) is 1.62. The molecule has 0 amide bonds. The molecule has 0 radical (unpaired) electrons. The van der Waals surface area contributed by atoms with Gasteiger partial charge in [-0.15, -0.1) is 11.8 Å². The van der Waals surface area contributed by atoms with Crippen molar-refractivity contribution in [3.63, 3.8) is 0 Å². The van der Waals surface area contributed by atoms with Gasteiger partial charge < -0.3 is 15.7 Å². The molecular formula is C11H14ClN3O2S. The molecule has 1 unspecified atom stereocenters. The summed E-state index contributed by atoms with van der Waals surface area (Å²) < 4.78 is 5.53. The number of pyridine rings is 1. The van der Waals surface area contributed by atoms with Crippen molar-refractivity contribution in [1.29, 1.82) is 0 Å². The van der Waals surface area contributed by atoms with Crippen molar-refractivity contribution in [3.05, 3.63) is 22.8 Å². The maximum atomic E-state index is 8.66. The van der Waals surface area contributed by atoms with Crippen molar-refractivity contribution < 1.29 is 9.94 Å². The zero-order valence-corrected chi connectivity index (χ0v) is 11.2. The van der Waals surface area contributed by atoms with Crippen LogP contribution in [0.1, 0.15) is 18.4 Å². The lowest BCUT2D eigenvalue weighted by molar-refractivity contribution is 0.129. The highest BCUT2D eigenvalue weighted by molar-refractivity contribution is 7.99. The first-order chi connectivity index (χ1) is 8.72. The molecule has 0 aromatic carbocycles. The predicted octanol–water partition coefficient (Wildman–Crippen LogP) is 2.10. The number of rotatable bonds is 4. The van der Waals surface area contributed by atoms with Gasteiger partial charge in [-0.3, -0.25) is 0 Å². The molecule has 0 spiro atoms. The molecule has 0 aliphatic carbocycles. The second-order valence-electron chi connectivity index (χ2n) is 3.91. The zero-order valence-electron chi connectivity index (χ0n) is 9.67. The number of hydrogen-bond acceptors (Lipinski definition) is 5. The van der Waals surface area contributed by atoms with Crippen LogP contribution in [0.3, 0.4) is 0 Å². The van der Waals surface area contributed by atoms with Gasteiger partial charge in [0, 0.05) is 24.1 Å². The van der Waals surface area contributed by atoms with Crippen LogP contribution in [0.2, 0.25) is 5.02 Å². The summed E-state index contributed by atoms with van der Waals surface area (Å²) in [6.45, 7) is 0.830. The van der Waals surface area contributed by atoms with E-state index in [0.29, 0.717) is 15.6 Å². The Morgan fingerprint density at radius 2 is 2.56 bits per heavy atom. The Morgan fingerprint density at radius 1 is 1.72 bits per heavy atom. The Kier molecular flexibility index (Phi) is 4.68. The highest BCUT2D eigenvalue weighted by Crippen LogP contribution is 2.30. The van der Waals surface area contributed by atoms with Crippen molar-refractivity contribution in [2.45, 2.75) is 24.0 Å². The fourth-order valence-corrected chi connectivity index (χ4v) is 3.08. The molecule has 5 nitrogen and oxygen atoms in total. The summed E-state index contributed by atoms with van der Waals surface area (Å²) >= 11 is 7.70. The summed E-state index contributed by atoms with van der Waals surface area (Å²) in [4.78, 5) is 4.20. The number of ether oxygens (including phenoxy) is 1. The molecule has 1 aromatic rings. The number of nitrogens with two attached hydrogens (primary N) is 1. The molecule has 0 bridgehead atoms. The first kappa shape index (κ1) is 13.5. The molecule has 1 aliphatic heterocycles. The maximum absolute atomic E-state index is 8.66. The van der Waals surface area contributed by atoms with E-state index in [9.17, 15) is 0 Å². The van der Waals surface area contributed by atoms with Crippen LogP contribution in [-0.4, -0.2) is 34.5 Å². The van der Waals surface area contributed by atoms with Crippen molar-refractivity contribution in [1.82, 2.24) is 4.98 Å². The van der Waals surface area contributed by atoms with E-state index < -0.39 is 0 Å². The normalized spacial score (nSPS) is 20.3. The topological polar surface area (TPSA) is 80.7 Å². The lowest BCUT2D eigenvalue weighted by Crippen LogP contribution is -2.14. The highest BCUT2D eigenvalue weighted by atomic mass is 35.5. The molecule has 3 N–H and O–H groups in total. The summed E-state index contributed by atoms with van der Waals surface area (Å²) in [5, 5.41) is 12.7. The third-order valence-corrected chi connectivity index (χ3v) is 4.29. The number of nitrogens with zero attached hydrogens (tertiary/aromatic N) is 2. The monoisotopic (exact) mass is 287 g/mol. The first-order valence-electron chi connectivity index (χ1n) is 5.59. The zero-order chi connectivity index (χ0) is 13.0. The summed E-state index contributed by atoms with van der Waals surface area (Å²) in [5.74, 6) is 0.799. The second-order valence-corrected chi connectivity index (χ2v) is 5.30. The van der Waals surface area contributed by atoms with Gasteiger partial charge in [0.1, 0.15) is 5.03 Å². The second kappa shape index (κ2) is 6.26. The van der Waals surface area contributed by atoms with Crippen LogP contribution in [0.25, 0.3) is 0 Å². The van der Waals surface area contributed by atoms with Crippen LogP contribution in [0.5, 0.6) is 0 Å². The molecule has 0 saturated carbocycles. The Hall–Kier alpha value is -0.980. The number of halogens is 1. The first-order valence-corrected chi connectivity index (χ1v) is 6.95. The van der Waals surface area contributed by atoms with Gasteiger partial charge in [0.15, 0.2) is 5.84 Å². The third-order valence-electron chi connectivity index (χ3n) is 2.67. The molecule has 1 atom stereocenters. The minimum atomic E-state index is -0.0126.